The summed E-state index contributed by atoms with van der Waals surface area (Å²) in [5.41, 5.74) is 2.20. The Bertz CT molecular complexity index is 548. The van der Waals surface area contributed by atoms with E-state index in [4.69, 9.17) is 9.26 Å². The van der Waals surface area contributed by atoms with Gasteiger partial charge in [-0.3, -0.25) is 0 Å². The minimum atomic E-state index is -1.31. The highest BCUT2D eigenvalue weighted by molar-refractivity contribution is 7.45. The lowest BCUT2D eigenvalue weighted by molar-refractivity contribution is 0.287. The summed E-state index contributed by atoms with van der Waals surface area (Å²) in [6.45, 7) is 4.71. The van der Waals surface area contributed by atoms with Gasteiger partial charge in [0.05, 0.1) is 6.61 Å². The summed E-state index contributed by atoms with van der Waals surface area (Å²) in [7, 11) is -1.31. The molecule has 1 aromatic carbocycles. The van der Waals surface area contributed by atoms with Crippen molar-refractivity contribution in [1.82, 2.24) is 4.98 Å². The van der Waals surface area contributed by atoms with Gasteiger partial charge >= 0.3 is 0 Å². The largest absolute Gasteiger partial charge is 0.473 e. The third kappa shape index (κ3) is 5.43. The van der Waals surface area contributed by atoms with Gasteiger partial charge in [0.15, 0.2) is 8.38 Å². The van der Waals surface area contributed by atoms with Gasteiger partial charge in [-0.2, -0.15) is 0 Å². The number of hydrogen-bond donors (Lipinski definition) is 1. The molecular weight excluding hydrogens is 285 g/mol. The lowest BCUT2D eigenvalue weighted by Crippen LogP contribution is -2.03. The van der Waals surface area contributed by atoms with Crippen LogP contribution in [0.5, 0.6) is 5.88 Å². The summed E-state index contributed by atoms with van der Waals surface area (Å²) < 4.78 is 11.0. The molecule has 0 saturated carbocycles. The van der Waals surface area contributed by atoms with Crippen molar-refractivity contribution in [3.8, 4) is 5.88 Å². The maximum atomic E-state index is 9.22. The van der Waals surface area contributed by atoms with Gasteiger partial charge in [0.1, 0.15) is 6.61 Å². The molecule has 0 aliphatic heterocycles. The molecule has 1 heterocycles. The Balaban J connectivity index is 1.94. The van der Waals surface area contributed by atoms with E-state index < -0.39 is 8.38 Å². The monoisotopic (exact) mass is 305 g/mol. The van der Waals surface area contributed by atoms with E-state index in [-0.39, 0.29) is 5.92 Å². The van der Waals surface area contributed by atoms with Crippen molar-refractivity contribution in [2.24, 2.45) is 0 Å². The average Bonchev–Trinajstić information content (AvgIpc) is 2.52. The van der Waals surface area contributed by atoms with E-state index in [2.05, 4.69) is 11.9 Å². The number of aromatic nitrogens is 1. The summed E-state index contributed by atoms with van der Waals surface area (Å²) in [5, 5.41) is 0. The predicted molar refractivity (Wildman–Crippen MR) is 84.4 cm³/mol. The van der Waals surface area contributed by atoms with Crippen molar-refractivity contribution in [3.63, 3.8) is 0 Å². The van der Waals surface area contributed by atoms with Crippen LogP contribution < -0.4 is 4.74 Å². The highest BCUT2D eigenvalue weighted by atomic mass is 31.2. The number of hydrogen-bond acceptors (Lipinski definition) is 4. The van der Waals surface area contributed by atoms with Gasteiger partial charge in [-0.15, -0.1) is 0 Å². The minimum absolute atomic E-state index is 0.184. The van der Waals surface area contributed by atoms with Gasteiger partial charge in [0, 0.05) is 24.8 Å². The summed E-state index contributed by atoms with van der Waals surface area (Å²) in [6.07, 6.45) is 1.74. The second-order valence-corrected chi connectivity index (χ2v) is 6.05. The SMILES string of the molecule is CC(COP(C)O)c1ccnc(OCc2ccccc2)c1. The zero-order valence-corrected chi connectivity index (χ0v) is 13.2. The van der Waals surface area contributed by atoms with E-state index in [0.29, 0.717) is 19.1 Å². The summed E-state index contributed by atoms with van der Waals surface area (Å²) in [6, 6.07) is 13.9. The molecule has 4 nitrogen and oxygen atoms in total. The van der Waals surface area contributed by atoms with E-state index in [1.807, 2.05) is 42.5 Å². The molecule has 1 N–H and O–H groups in total. The second-order valence-electron chi connectivity index (χ2n) is 4.86. The highest BCUT2D eigenvalue weighted by Gasteiger charge is 2.09. The van der Waals surface area contributed by atoms with Crippen molar-refractivity contribution in [2.45, 2.75) is 19.4 Å². The Morgan fingerprint density at radius 1 is 1.24 bits per heavy atom. The maximum Gasteiger partial charge on any atom is 0.213 e. The molecule has 1 aromatic heterocycles. The van der Waals surface area contributed by atoms with Crippen molar-refractivity contribution >= 4 is 8.38 Å². The molecule has 2 unspecified atom stereocenters. The van der Waals surface area contributed by atoms with Crippen LogP contribution in [0.25, 0.3) is 0 Å². The van der Waals surface area contributed by atoms with Crippen molar-refractivity contribution in [2.75, 3.05) is 13.3 Å². The molecule has 0 bridgehead atoms. The van der Waals surface area contributed by atoms with Crippen molar-refractivity contribution in [1.29, 1.82) is 0 Å². The van der Waals surface area contributed by atoms with E-state index in [1.165, 1.54) is 0 Å². The Morgan fingerprint density at radius 2 is 2.00 bits per heavy atom. The first-order chi connectivity index (χ1) is 10.1. The standard InChI is InChI=1S/C16H20NO3P/c1-13(11-20-21(2)18)15-8-9-17-16(10-15)19-12-14-6-4-3-5-7-14/h3-10,13,18H,11-12H2,1-2H3. The van der Waals surface area contributed by atoms with E-state index in [9.17, 15) is 4.89 Å². The fourth-order valence-corrected chi connectivity index (χ4v) is 2.30. The van der Waals surface area contributed by atoms with Gasteiger partial charge in [-0.1, -0.05) is 37.3 Å². The average molecular weight is 305 g/mol. The molecule has 21 heavy (non-hydrogen) atoms. The first-order valence-corrected chi connectivity index (χ1v) is 8.49. The van der Waals surface area contributed by atoms with Crippen LogP contribution in [0.2, 0.25) is 0 Å². The number of nitrogens with zero attached hydrogens (tertiary/aromatic N) is 1. The molecule has 2 rings (SSSR count). The number of pyridine rings is 1. The summed E-state index contributed by atoms with van der Waals surface area (Å²) in [4.78, 5) is 13.4. The van der Waals surface area contributed by atoms with Gasteiger partial charge < -0.3 is 14.2 Å². The van der Waals surface area contributed by atoms with Crippen LogP contribution in [0.15, 0.2) is 48.7 Å². The molecule has 0 aliphatic rings. The quantitative estimate of drug-likeness (QED) is 0.792. The lowest BCUT2D eigenvalue weighted by Gasteiger charge is -2.14. The van der Waals surface area contributed by atoms with Crippen LogP contribution in [0.1, 0.15) is 24.0 Å². The molecule has 0 fully saturated rings. The number of benzene rings is 1. The van der Waals surface area contributed by atoms with Crippen LogP contribution >= 0.6 is 8.38 Å². The third-order valence-corrected chi connectivity index (χ3v) is 3.59. The van der Waals surface area contributed by atoms with Gasteiger partial charge in [-0.25, -0.2) is 4.98 Å². The molecule has 0 aliphatic carbocycles. The van der Waals surface area contributed by atoms with Gasteiger partial charge in [0.25, 0.3) is 0 Å². The highest BCUT2D eigenvalue weighted by Crippen LogP contribution is 2.29. The van der Waals surface area contributed by atoms with Crippen LogP contribution in [-0.2, 0) is 11.1 Å². The van der Waals surface area contributed by atoms with Gasteiger partial charge in [-0.05, 0) is 17.2 Å². The number of ether oxygens (including phenoxy) is 1. The van der Waals surface area contributed by atoms with E-state index >= 15 is 0 Å². The molecule has 5 heteroatoms. The van der Waals surface area contributed by atoms with E-state index in [1.54, 1.807) is 12.9 Å². The first-order valence-electron chi connectivity index (χ1n) is 6.83. The number of rotatable bonds is 7. The molecule has 0 radical (unpaired) electrons. The minimum Gasteiger partial charge on any atom is -0.473 e. The first kappa shape index (κ1) is 15.9. The van der Waals surface area contributed by atoms with Crippen molar-refractivity contribution in [3.05, 3.63) is 59.8 Å². The van der Waals surface area contributed by atoms with Crippen LogP contribution in [0, 0.1) is 0 Å². The third-order valence-electron chi connectivity index (χ3n) is 3.07. The zero-order chi connectivity index (χ0) is 15.1. The second kappa shape index (κ2) is 8.08. The molecule has 0 amide bonds. The Hall–Kier alpha value is -1.48. The Labute approximate surface area is 126 Å². The topological polar surface area (TPSA) is 51.6 Å². The maximum absolute atomic E-state index is 9.22. The molecule has 0 saturated heterocycles. The van der Waals surface area contributed by atoms with Crippen molar-refractivity contribution < 1.29 is 14.2 Å². The fraction of sp³-hybridized carbons (Fsp3) is 0.312. The fourth-order valence-electron chi connectivity index (χ4n) is 1.86. The molecule has 112 valence electrons. The normalized spacial score (nSPS) is 13.7. The van der Waals surface area contributed by atoms with Gasteiger partial charge in [0.2, 0.25) is 5.88 Å². The molecule has 0 spiro atoms. The molecule has 2 aromatic rings. The van der Waals surface area contributed by atoms with Crippen LogP contribution in [0.4, 0.5) is 0 Å². The zero-order valence-electron chi connectivity index (χ0n) is 12.3. The van der Waals surface area contributed by atoms with Crippen LogP contribution in [-0.4, -0.2) is 23.1 Å². The smallest absolute Gasteiger partial charge is 0.213 e. The molecular formula is C16H20NO3P. The Morgan fingerprint density at radius 3 is 2.71 bits per heavy atom. The Kier molecular flexibility index (Phi) is 6.12. The molecule has 2 atom stereocenters. The predicted octanol–water partition coefficient (Wildman–Crippen LogP) is 3.71. The lowest BCUT2D eigenvalue weighted by atomic mass is 10.0. The summed E-state index contributed by atoms with van der Waals surface area (Å²) >= 11 is 0. The van der Waals surface area contributed by atoms with Crippen LogP contribution in [0.3, 0.4) is 0 Å². The summed E-state index contributed by atoms with van der Waals surface area (Å²) in [5.74, 6) is 0.787. The van der Waals surface area contributed by atoms with E-state index in [0.717, 1.165) is 11.1 Å².